The summed E-state index contributed by atoms with van der Waals surface area (Å²) in [5, 5.41) is 15.5. The van der Waals surface area contributed by atoms with Crippen molar-refractivity contribution in [3.63, 3.8) is 0 Å². The maximum atomic E-state index is 12.8. The maximum Gasteiger partial charge on any atom is 0.419 e. The molecule has 2 heterocycles. The predicted molar refractivity (Wildman–Crippen MR) is 115 cm³/mol. The van der Waals surface area contributed by atoms with Gasteiger partial charge in [-0.2, -0.15) is 18.3 Å². The Morgan fingerprint density at radius 1 is 1.18 bits per heavy atom. The first-order valence-electron chi connectivity index (χ1n) is 10.5. The molecule has 0 amide bonds. The number of halogens is 3. The van der Waals surface area contributed by atoms with Crippen molar-refractivity contribution >= 4 is 5.97 Å². The molecular weight excluding hydrogens is 437 g/mol. The normalized spacial score (nSPS) is 12.5. The molecule has 1 unspecified atom stereocenters. The van der Waals surface area contributed by atoms with E-state index in [1.807, 2.05) is 19.1 Å². The maximum absolute atomic E-state index is 12.8. The van der Waals surface area contributed by atoms with Crippen LogP contribution in [-0.2, 0) is 17.5 Å². The molecule has 0 fully saturated rings. The van der Waals surface area contributed by atoms with E-state index in [-0.39, 0.29) is 12.5 Å². The summed E-state index contributed by atoms with van der Waals surface area (Å²) < 4.78 is 45.6. The first-order chi connectivity index (χ1) is 15.8. The van der Waals surface area contributed by atoms with E-state index in [1.165, 1.54) is 4.68 Å². The van der Waals surface area contributed by atoms with Gasteiger partial charge in [0.1, 0.15) is 11.9 Å². The quantitative estimate of drug-likeness (QED) is 0.399. The van der Waals surface area contributed by atoms with Crippen LogP contribution in [0.2, 0.25) is 0 Å². The zero-order valence-electron chi connectivity index (χ0n) is 18.0. The molecule has 7 nitrogen and oxygen atoms in total. The number of nitrogens with one attached hydrogen (secondary N) is 1. The summed E-state index contributed by atoms with van der Waals surface area (Å²) in [7, 11) is 0. The van der Waals surface area contributed by atoms with Gasteiger partial charge in [0, 0.05) is 25.5 Å². The van der Waals surface area contributed by atoms with Crippen molar-refractivity contribution in [1.29, 1.82) is 0 Å². The van der Waals surface area contributed by atoms with Crippen molar-refractivity contribution < 1.29 is 27.8 Å². The molecular formula is C23H25F3N4O3. The highest BCUT2D eigenvalue weighted by atomic mass is 19.4. The predicted octanol–water partition coefficient (Wildman–Crippen LogP) is 4.77. The Morgan fingerprint density at radius 3 is 2.52 bits per heavy atom. The number of hydrogen-bond acceptors (Lipinski definition) is 5. The van der Waals surface area contributed by atoms with E-state index in [0.29, 0.717) is 24.5 Å². The molecule has 0 saturated carbocycles. The van der Waals surface area contributed by atoms with Crippen molar-refractivity contribution in [2.75, 3.05) is 6.54 Å². The Labute approximate surface area is 189 Å². The smallest absolute Gasteiger partial charge is 0.419 e. The van der Waals surface area contributed by atoms with E-state index >= 15 is 0 Å². The molecule has 33 heavy (non-hydrogen) atoms. The Bertz CT molecular complexity index is 1030. The summed E-state index contributed by atoms with van der Waals surface area (Å²) in [4.78, 5) is 15.1. The van der Waals surface area contributed by atoms with Crippen molar-refractivity contribution in [3.8, 4) is 11.4 Å². The number of carboxylic acids is 1. The molecule has 2 aromatic heterocycles. The second kappa shape index (κ2) is 11.0. The monoisotopic (exact) mass is 462 g/mol. The molecule has 3 aromatic rings. The van der Waals surface area contributed by atoms with Gasteiger partial charge in [-0.3, -0.25) is 9.78 Å². The summed E-state index contributed by atoms with van der Waals surface area (Å²) in [5.74, 6) is -0.277. The summed E-state index contributed by atoms with van der Waals surface area (Å²) in [5.41, 5.74) is 1.37. The van der Waals surface area contributed by atoms with Crippen LogP contribution in [0.1, 0.15) is 49.1 Å². The number of benzene rings is 1. The molecule has 0 bridgehead atoms. The minimum absolute atomic E-state index is 0.0562. The Hall–Kier alpha value is -3.40. The molecule has 1 aromatic carbocycles. The fraction of sp³-hybridized carbons (Fsp3) is 0.348. The fourth-order valence-electron chi connectivity index (χ4n) is 3.14. The van der Waals surface area contributed by atoms with Gasteiger partial charge in [-0.1, -0.05) is 19.4 Å². The average molecular weight is 462 g/mol. The van der Waals surface area contributed by atoms with Gasteiger partial charge in [0.2, 0.25) is 0 Å². The number of nitrogens with zero attached hydrogens (tertiary/aromatic N) is 3. The van der Waals surface area contributed by atoms with Crippen molar-refractivity contribution in [3.05, 3.63) is 71.8 Å². The largest absolute Gasteiger partial charge is 0.484 e. The van der Waals surface area contributed by atoms with Gasteiger partial charge in [0.05, 0.1) is 29.6 Å². The molecule has 10 heteroatoms. The van der Waals surface area contributed by atoms with Gasteiger partial charge in [-0.15, -0.1) is 0 Å². The van der Waals surface area contributed by atoms with Crippen molar-refractivity contribution in [2.45, 2.75) is 45.0 Å². The SMILES string of the molecule is CCCC(Oc1ccc(-n2cc(C(F)(F)F)cn2)cc1)c1ccc(CNCCC(=O)O)cn1. The van der Waals surface area contributed by atoms with Crippen LogP contribution in [0, 0.1) is 0 Å². The van der Waals surface area contributed by atoms with Crippen LogP contribution in [0.25, 0.3) is 5.69 Å². The van der Waals surface area contributed by atoms with E-state index in [1.54, 1.807) is 30.5 Å². The molecule has 0 radical (unpaired) electrons. The van der Waals surface area contributed by atoms with Gasteiger partial charge >= 0.3 is 12.1 Å². The van der Waals surface area contributed by atoms with Crippen LogP contribution < -0.4 is 10.1 Å². The molecule has 0 aliphatic rings. The minimum atomic E-state index is -4.44. The number of rotatable bonds is 11. The molecule has 0 spiro atoms. The third-order valence-corrected chi connectivity index (χ3v) is 4.86. The minimum Gasteiger partial charge on any atom is -0.484 e. The molecule has 0 saturated heterocycles. The van der Waals surface area contributed by atoms with E-state index in [9.17, 15) is 18.0 Å². The zero-order valence-corrected chi connectivity index (χ0v) is 18.0. The van der Waals surface area contributed by atoms with Crippen LogP contribution in [0.4, 0.5) is 13.2 Å². The Morgan fingerprint density at radius 2 is 1.94 bits per heavy atom. The van der Waals surface area contributed by atoms with Gasteiger partial charge in [0.15, 0.2) is 0 Å². The molecule has 0 aliphatic heterocycles. The van der Waals surface area contributed by atoms with E-state index in [0.717, 1.165) is 36.5 Å². The van der Waals surface area contributed by atoms with Crippen LogP contribution in [0.15, 0.2) is 55.0 Å². The number of alkyl halides is 3. The lowest BCUT2D eigenvalue weighted by molar-refractivity contribution is -0.138. The number of hydrogen-bond donors (Lipinski definition) is 2. The van der Waals surface area contributed by atoms with Crippen LogP contribution in [0.3, 0.4) is 0 Å². The van der Waals surface area contributed by atoms with Crippen LogP contribution >= 0.6 is 0 Å². The number of carboxylic acid groups (broad SMARTS) is 1. The second-order valence-electron chi connectivity index (χ2n) is 7.47. The first kappa shape index (κ1) is 24.2. The summed E-state index contributed by atoms with van der Waals surface area (Å²) in [6, 6.07) is 10.5. The fourth-order valence-corrected chi connectivity index (χ4v) is 3.14. The standard InChI is InChI=1S/C23H25F3N4O3/c1-2-3-21(20-9-4-16(13-28-20)12-27-11-10-22(31)32)33-19-7-5-18(6-8-19)30-15-17(14-29-30)23(24,25)26/h4-9,13-15,21,27H,2-3,10-12H2,1H3,(H,31,32). The Balaban J connectivity index is 1.63. The van der Waals surface area contributed by atoms with Crippen LogP contribution in [0.5, 0.6) is 5.75 Å². The third-order valence-electron chi connectivity index (χ3n) is 4.86. The number of carbonyl (C=O) groups is 1. The lowest BCUT2D eigenvalue weighted by Crippen LogP contribution is -2.18. The summed E-state index contributed by atoms with van der Waals surface area (Å²) in [6.45, 7) is 2.94. The number of aliphatic carboxylic acids is 1. The highest BCUT2D eigenvalue weighted by molar-refractivity contribution is 5.66. The van der Waals surface area contributed by atoms with Crippen LogP contribution in [-0.4, -0.2) is 32.4 Å². The number of pyridine rings is 1. The zero-order chi connectivity index (χ0) is 23.8. The molecule has 0 aliphatic carbocycles. The van der Waals surface area contributed by atoms with Gasteiger partial charge < -0.3 is 15.2 Å². The number of aromatic nitrogens is 3. The molecule has 3 rings (SSSR count). The molecule has 176 valence electrons. The first-order valence-corrected chi connectivity index (χ1v) is 10.5. The lowest BCUT2D eigenvalue weighted by atomic mass is 10.1. The highest BCUT2D eigenvalue weighted by Gasteiger charge is 2.32. The van der Waals surface area contributed by atoms with Gasteiger partial charge in [-0.05, 0) is 42.3 Å². The van der Waals surface area contributed by atoms with E-state index < -0.39 is 17.7 Å². The Kier molecular flexibility index (Phi) is 8.05. The third kappa shape index (κ3) is 7.04. The average Bonchev–Trinajstić information content (AvgIpc) is 3.28. The molecule has 2 N–H and O–H groups in total. The summed E-state index contributed by atoms with van der Waals surface area (Å²) >= 11 is 0. The number of ether oxygens (including phenoxy) is 1. The van der Waals surface area contributed by atoms with Gasteiger partial charge in [-0.25, -0.2) is 4.68 Å². The van der Waals surface area contributed by atoms with E-state index in [2.05, 4.69) is 15.4 Å². The van der Waals surface area contributed by atoms with Crippen molar-refractivity contribution in [2.24, 2.45) is 0 Å². The van der Waals surface area contributed by atoms with Crippen molar-refractivity contribution in [1.82, 2.24) is 20.1 Å². The topological polar surface area (TPSA) is 89.3 Å². The summed E-state index contributed by atoms with van der Waals surface area (Å²) in [6.07, 6.45) is 0.406. The molecule has 1 atom stereocenters. The second-order valence-corrected chi connectivity index (χ2v) is 7.47. The van der Waals surface area contributed by atoms with Gasteiger partial charge in [0.25, 0.3) is 0 Å². The van der Waals surface area contributed by atoms with E-state index in [4.69, 9.17) is 9.84 Å². The highest BCUT2D eigenvalue weighted by Crippen LogP contribution is 2.30. The lowest BCUT2D eigenvalue weighted by Gasteiger charge is -2.19.